The molecule has 13 aromatic rings. The van der Waals surface area contributed by atoms with Gasteiger partial charge < -0.3 is 9.13 Å². The van der Waals surface area contributed by atoms with Crippen molar-refractivity contribution >= 4 is 118 Å². The first kappa shape index (κ1) is 30.5. The number of hydrogen-bond donors (Lipinski definition) is 0. The summed E-state index contributed by atoms with van der Waals surface area (Å²) in [6, 6.07) is 62.5. The minimum Gasteiger partial charge on any atom is -0.309 e. The van der Waals surface area contributed by atoms with Gasteiger partial charge in [-0.2, -0.15) is 0 Å². The number of para-hydroxylation sites is 3. The van der Waals surface area contributed by atoms with E-state index in [1.165, 1.54) is 84.0 Å². The molecule has 0 saturated carbocycles. The van der Waals surface area contributed by atoms with Crippen molar-refractivity contribution in [1.82, 2.24) is 14.1 Å². The van der Waals surface area contributed by atoms with Crippen molar-refractivity contribution < 1.29 is 0 Å². The van der Waals surface area contributed by atoms with Gasteiger partial charge in [-0.1, -0.05) is 103 Å². The third kappa shape index (κ3) is 4.18. The second-order valence-electron chi connectivity index (χ2n) is 14.7. The number of aromatic nitrogens is 3. The molecule has 0 amide bonds. The van der Waals surface area contributed by atoms with Crippen LogP contribution in [-0.4, -0.2) is 14.1 Å². The molecule has 5 aromatic heterocycles. The van der Waals surface area contributed by atoms with Crippen LogP contribution in [0.5, 0.6) is 0 Å². The molecule has 0 aliphatic heterocycles. The maximum atomic E-state index is 4.94. The zero-order chi connectivity index (χ0) is 36.5. The highest BCUT2D eigenvalue weighted by molar-refractivity contribution is 7.27. The largest absolute Gasteiger partial charge is 0.309 e. The van der Waals surface area contributed by atoms with Gasteiger partial charge in [-0.25, -0.2) is 0 Å². The van der Waals surface area contributed by atoms with Gasteiger partial charge in [-0.3, -0.25) is 4.98 Å². The third-order valence-electron chi connectivity index (χ3n) is 11.7. The van der Waals surface area contributed by atoms with Gasteiger partial charge in [0.15, 0.2) is 0 Å². The van der Waals surface area contributed by atoms with Crippen LogP contribution in [0.2, 0.25) is 0 Å². The molecule has 0 atom stereocenters. The Kier molecular flexibility index (Phi) is 6.20. The van der Waals surface area contributed by atoms with E-state index in [0.29, 0.717) is 0 Å². The van der Waals surface area contributed by atoms with Crippen LogP contribution >= 0.6 is 22.7 Å². The smallest absolute Gasteiger partial charge is 0.0702 e. The Hall–Kier alpha value is -6.79. The molecule has 56 heavy (non-hydrogen) atoms. The molecule has 0 aliphatic carbocycles. The molecule has 0 spiro atoms. The van der Waals surface area contributed by atoms with E-state index in [1.807, 2.05) is 28.9 Å². The lowest BCUT2D eigenvalue weighted by Gasteiger charge is -2.16. The molecule has 0 aliphatic rings. The van der Waals surface area contributed by atoms with E-state index in [-0.39, 0.29) is 0 Å². The maximum Gasteiger partial charge on any atom is 0.0702 e. The Morgan fingerprint density at radius 3 is 1.46 bits per heavy atom. The van der Waals surface area contributed by atoms with Crippen molar-refractivity contribution in [1.29, 1.82) is 0 Å². The third-order valence-corrected chi connectivity index (χ3v) is 14.1. The number of benzene rings is 8. The van der Waals surface area contributed by atoms with Crippen LogP contribution < -0.4 is 0 Å². The average molecular weight is 748 g/mol. The number of fused-ring (bicyclic) bond motifs is 15. The Morgan fingerprint density at radius 2 is 0.875 bits per heavy atom. The molecule has 0 fully saturated rings. The Balaban J connectivity index is 1.16. The van der Waals surface area contributed by atoms with E-state index in [9.17, 15) is 0 Å². The van der Waals surface area contributed by atoms with Gasteiger partial charge in [0.25, 0.3) is 0 Å². The highest BCUT2D eigenvalue weighted by Crippen LogP contribution is 2.46. The second kappa shape index (κ2) is 11.4. The van der Waals surface area contributed by atoms with Crippen LogP contribution in [0.1, 0.15) is 0 Å². The summed E-state index contributed by atoms with van der Waals surface area (Å²) in [6.07, 6.45) is 2.03. The quantitative estimate of drug-likeness (QED) is 0.176. The lowest BCUT2D eigenvalue weighted by molar-refractivity contribution is 1.13. The van der Waals surface area contributed by atoms with Gasteiger partial charge in [0.1, 0.15) is 0 Å². The normalized spacial score (nSPS) is 12.3. The van der Waals surface area contributed by atoms with Crippen LogP contribution in [0.15, 0.2) is 176 Å². The Bertz CT molecular complexity index is 3580. The molecular formula is C51H29N3S2. The van der Waals surface area contributed by atoms with Gasteiger partial charge in [0.05, 0.1) is 27.6 Å². The fourth-order valence-corrected chi connectivity index (χ4v) is 11.8. The molecule has 8 aromatic carbocycles. The minimum absolute atomic E-state index is 0.997. The SMILES string of the molecule is c1ccc2ncc(-c3cc(-n4c5ccccc5c5c6sc7ccccc7c6ccc54)cc(-n4c5ccccc5c5c6sc7ccccc7c6ccc54)c3)cc2c1. The summed E-state index contributed by atoms with van der Waals surface area (Å²) in [5, 5.41) is 11.5. The van der Waals surface area contributed by atoms with Crippen LogP contribution in [0.3, 0.4) is 0 Å². The van der Waals surface area contributed by atoms with E-state index in [2.05, 4.69) is 179 Å². The number of hydrogen-bond acceptors (Lipinski definition) is 3. The highest BCUT2D eigenvalue weighted by Gasteiger charge is 2.21. The molecule has 5 heterocycles. The fourth-order valence-electron chi connectivity index (χ4n) is 9.28. The summed E-state index contributed by atoms with van der Waals surface area (Å²) < 4.78 is 10.3. The van der Waals surface area contributed by atoms with Crippen molar-refractivity contribution in [3.8, 4) is 22.5 Å². The summed E-state index contributed by atoms with van der Waals surface area (Å²) in [5.41, 5.74) is 10.3. The van der Waals surface area contributed by atoms with Crippen LogP contribution in [0.25, 0.3) is 117 Å². The van der Waals surface area contributed by atoms with Crippen molar-refractivity contribution in [3.05, 3.63) is 176 Å². The number of thiophene rings is 2. The molecule has 0 unspecified atom stereocenters. The zero-order valence-electron chi connectivity index (χ0n) is 29.9. The molecule has 0 radical (unpaired) electrons. The van der Waals surface area contributed by atoms with Gasteiger partial charge in [-0.05, 0) is 72.3 Å². The molecule has 0 N–H and O–H groups in total. The van der Waals surface area contributed by atoms with E-state index < -0.39 is 0 Å². The molecule has 13 rings (SSSR count). The Labute approximate surface area is 328 Å². The lowest BCUT2D eigenvalue weighted by Crippen LogP contribution is -2.00. The first-order valence-corrected chi connectivity index (χ1v) is 20.6. The highest BCUT2D eigenvalue weighted by atomic mass is 32.1. The van der Waals surface area contributed by atoms with Gasteiger partial charge in [0.2, 0.25) is 0 Å². The minimum atomic E-state index is 0.997. The molecular weight excluding hydrogens is 719 g/mol. The van der Waals surface area contributed by atoms with Crippen molar-refractivity contribution in [2.24, 2.45) is 0 Å². The van der Waals surface area contributed by atoms with Crippen molar-refractivity contribution in [2.75, 3.05) is 0 Å². The summed E-state index contributed by atoms with van der Waals surface area (Å²) in [6.45, 7) is 0. The Morgan fingerprint density at radius 1 is 0.375 bits per heavy atom. The van der Waals surface area contributed by atoms with Gasteiger partial charge >= 0.3 is 0 Å². The second-order valence-corrected chi connectivity index (χ2v) is 16.8. The van der Waals surface area contributed by atoms with Crippen LogP contribution in [0.4, 0.5) is 0 Å². The number of pyridine rings is 1. The predicted octanol–water partition coefficient (Wildman–Crippen LogP) is 14.8. The van der Waals surface area contributed by atoms with E-state index in [4.69, 9.17) is 4.98 Å². The summed E-state index contributed by atoms with van der Waals surface area (Å²) in [7, 11) is 0. The lowest BCUT2D eigenvalue weighted by atomic mass is 10.0. The summed E-state index contributed by atoms with van der Waals surface area (Å²) >= 11 is 3.79. The molecule has 3 nitrogen and oxygen atoms in total. The average Bonchev–Trinajstić information content (AvgIpc) is 4.00. The predicted molar refractivity (Wildman–Crippen MR) is 242 cm³/mol. The summed E-state index contributed by atoms with van der Waals surface area (Å²) in [4.78, 5) is 4.94. The van der Waals surface area contributed by atoms with E-state index >= 15 is 0 Å². The topological polar surface area (TPSA) is 22.8 Å². The standard InChI is InChI=1S/C51H29N3S2/c1-6-16-41-30(11-1)25-32(29-52-41)31-26-33(53-42-17-7-2-14-39(42)48-44(53)23-21-37-35-12-4-9-19-46(35)55-50(37)48)28-34(27-31)54-43-18-8-3-15-40(43)49-45(54)24-22-38-36-13-5-10-20-47(36)56-51(38)49/h1-29H. The number of nitrogens with zero attached hydrogens (tertiary/aromatic N) is 3. The first-order valence-electron chi connectivity index (χ1n) is 18.9. The molecule has 0 saturated heterocycles. The maximum absolute atomic E-state index is 4.94. The van der Waals surface area contributed by atoms with E-state index in [0.717, 1.165) is 33.4 Å². The fraction of sp³-hybridized carbons (Fsp3) is 0. The molecule has 5 heteroatoms. The van der Waals surface area contributed by atoms with Gasteiger partial charge in [-0.15, -0.1) is 22.7 Å². The summed E-state index contributed by atoms with van der Waals surface area (Å²) in [5.74, 6) is 0. The van der Waals surface area contributed by atoms with Crippen molar-refractivity contribution in [2.45, 2.75) is 0 Å². The first-order chi connectivity index (χ1) is 27.8. The van der Waals surface area contributed by atoms with Crippen LogP contribution in [-0.2, 0) is 0 Å². The molecule has 260 valence electrons. The number of rotatable bonds is 3. The van der Waals surface area contributed by atoms with E-state index in [1.54, 1.807) is 0 Å². The zero-order valence-corrected chi connectivity index (χ0v) is 31.5. The van der Waals surface area contributed by atoms with Crippen molar-refractivity contribution in [3.63, 3.8) is 0 Å². The van der Waals surface area contributed by atoms with Crippen LogP contribution in [0, 0.1) is 0 Å². The molecule has 0 bridgehead atoms. The monoisotopic (exact) mass is 747 g/mol. The van der Waals surface area contributed by atoms with Gasteiger partial charge in [0, 0.05) is 90.4 Å².